The average Bonchev–Trinajstić information content (AvgIpc) is 2.38. The van der Waals surface area contributed by atoms with E-state index in [0.717, 1.165) is 34.4 Å². The highest BCUT2D eigenvalue weighted by Crippen LogP contribution is 2.29. The summed E-state index contributed by atoms with van der Waals surface area (Å²) >= 11 is 15.5. The minimum Gasteiger partial charge on any atom is -0.340 e. The van der Waals surface area contributed by atoms with Gasteiger partial charge >= 0.3 is 0 Å². The van der Waals surface area contributed by atoms with Gasteiger partial charge in [0.2, 0.25) is 0 Å². The van der Waals surface area contributed by atoms with Gasteiger partial charge < -0.3 is 5.32 Å². The molecule has 1 heterocycles. The molecule has 3 nitrogen and oxygen atoms in total. The lowest BCUT2D eigenvalue weighted by Crippen LogP contribution is -2.01. The zero-order valence-corrected chi connectivity index (χ0v) is 13.3. The predicted octanol–water partition coefficient (Wildman–Crippen LogP) is 5.24. The summed E-state index contributed by atoms with van der Waals surface area (Å²) in [6.07, 6.45) is 3.25. The van der Waals surface area contributed by atoms with Crippen molar-refractivity contribution in [3.63, 3.8) is 0 Å². The van der Waals surface area contributed by atoms with Crippen LogP contribution < -0.4 is 5.32 Å². The van der Waals surface area contributed by atoms with Gasteiger partial charge in [-0.25, -0.2) is 9.97 Å². The molecule has 1 N–H and O–H groups in total. The minimum absolute atomic E-state index is 0.488. The molecular formula is C13H12BrCl2N3. The maximum atomic E-state index is 6.11. The van der Waals surface area contributed by atoms with Gasteiger partial charge in [-0.15, -0.1) is 0 Å². The van der Waals surface area contributed by atoms with E-state index in [1.165, 1.54) is 6.33 Å². The van der Waals surface area contributed by atoms with E-state index in [9.17, 15) is 0 Å². The minimum atomic E-state index is 0.488. The van der Waals surface area contributed by atoms with Crippen molar-refractivity contribution >= 4 is 50.6 Å². The molecule has 2 aromatic rings. The van der Waals surface area contributed by atoms with Gasteiger partial charge in [0.15, 0.2) is 0 Å². The summed E-state index contributed by atoms with van der Waals surface area (Å²) in [6.45, 7) is 2.09. The number of benzene rings is 1. The maximum absolute atomic E-state index is 6.11. The van der Waals surface area contributed by atoms with Crippen LogP contribution in [-0.4, -0.2) is 9.97 Å². The number of nitrogens with zero attached hydrogens (tertiary/aromatic N) is 2. The van der Waals surface area contributed by atoms with Crippen LogP contribution in [-0.2, 0) is 6.42 Å². The van der Waals surface area contributed by atoms with Gasteiger partial charge in [-0.1, -0.05) is 36.5 Å². The number of anilines is 2. The molecule has 0 aliphatic carbocycles. The van der Waals surface area contributed by atoms with E-state index in [0.29, 0.717) is 10.2 Å². The van der Waals surface area contributed by atoms with Crippen molar-refractivity contribution in [2.24, 2.45) is 0 Å². The van der Waals surface area contributed by atoms with Crippen molar-refractivity contribution < 1.29 is 0 Å². The summed E-state index contributed by atoms with van der Waals surface area (Å²) in [5, 5.41) is 4.35. The molecule has 0 fully saturated rings. The first-order chi connectivity index (χ1) is 9.11. The van der Waals surface area contributed by atoms with E-state index in [1.807, 2.05) is 18.2 Å². The second-order valence-electron chi connectivity index (χ2n) is 4.00. The number of hydrogen-bond acceptors (Lipinski definition) is 3. The SMILES string of the molecule is CCCc1c(Cl)ncnc1Nc1ccc(Br)c(Cl)c1. The van der Waals surface area contributed by atoms with E-state index >= 15 is 0 Å². The third kappa shape index (κ3) is 3.59. The molecule has 0 atom stereocenters. The van der Waals surface area contributed by atoms with Crippen LogP contribution in [0.25, 0.3) is 0 Å². The highest BCUT2D eigenvalue weighted by molar-refractivity contribution is 9.10. The third-order valence-electron chi connectivity index (χ3n) is 2.58. The van der Waals surface area contributed by atoms with Gasteiger partial charge in [0.25, 0.3) is 0 Å². The quantitative estimate of drug-likeness (QED) is 0.757. The molecular weight excluding hydrogens is 349 g/mol. The molecule has 1 aromatic carbocycles. The Labute approximate surface area is 130 Å². The van der Waals surface area contributed by atoms with Crippen LogP contribution >= 0.6 is 39.1 Å². The Kier molecular flexibility index (Phi) is 5.02. The van der Waals surface area contributed by atoms with Crippen molar-refractivity contribution in [1.29, 1.82) is 0 Å². The van der Waals surface area contributed by atoms with Crippen LogP contribution in [0.2, 0.25) is 10.2 Å². The van der Waals surface area contributed by atoms with Crippen LogP contribution in [0.1, 0.15) is 18.9 Å². The van der Waals surface area contributed by atoms with Gasteiger partial charge in [-0.2, -0.15) is 0 Å². The van der Waals surface area contributed by atoms with Crippen LogP contribution in [0.4, 0.5) is 11.5 Å². The lowest BCUT2D eigenvalue weighted by atomic mass is 10.2. The van der Waals surface area contributed by atoms with Gasteiger partial charge in [0.05, 0.1) is 5.02 Å². The molecule has 0 aliphatic rings. The molecule has 0 radical (unpaired) electrons. The molecule has 0 spiro atoms. The molecule has 2 rings (SSSR count). The molecule has 0 unspecified atom stereocenters. The molecule has 0 saturated carbocycles. The van der Waals surface area contributed by atoms with Gasteiger partial charge in [-0.05, 0) is 40.5 Å². The second kappa shape index (κ2) is 6.55. The monoisotopic (exact) mass is 359 g/mol. The molecule has 0 amide bonds. The summed E-state index contributed by atoms with van der Waals surface area (Å²) < 4.78 is 0.856. The summed E-state index contributed by atoms with van der Waals surface area (Å²) in [4.78, 5) is 8.26. The summed E-state index contributed by atoms with van der Waals surface area (Å²) in [5.74, 6) is 0.722. The second-order valence-corrected chi connectivity index (χ2v) is 5.62. The standard InChI is InChI=1S/C13H12BrCl2N3/c1-2-3-9-12(16)17-7-18-13(9)19-8-4-5-10(14)11(15)6-8/h4-7H,2-3H2,1H3,(H,17,18,19). The largest absolute Gasteiger partial charge is 0.340 e. The molecule has 0 bridgehead atoms. The van der Waals surface area contributed by atoms with Crippen molar-refractivity contribution in [3.05, 3.63) is 44.7 Å². The van der Waals surface area contributed by atoms with Gasteiger partial charge in [0.1, 0.15) is 17.3 Å². The predicted molar refractivity (Wildman–Crippen MR) is 83.5 cm³/mol. The number of hydrogen-bond donors (Lipinski definition) is 1. The highest BCUT2D eigenvalue weighted by Gasteiger charge is 2.09. The third-order valence-corrected chi connectivity index (χ3v) is 4.13. The topological polar surface area (TPSA) is 37.8 Å². The fraction of sp³-hybridized carbons (Fsp3) is 0.231. The fourth-order valence-electron chi connectivity index (χ4n) is 1.68. The maximum Gasteiger partial charge on any atom is 0.138 e. The van der Waals surface area contributed by atoms with Crippen molar-refractivity contribution in [2.45, 2.75) is 19.8 Å². The first-order valence-electron chi connectivity index (χ1n) is 5.83. The molecule has 100 valence electrons. The molecule has 0 aliphatic heterocycles. The van der Waals surface area contributed by atoms with E-state index in [2.05, 4.69) is 38.1 Å². The summed E-state index contributed by atoms with van der Waals surface area (Å²) in [7, 11) is 0. The number of halogens is 3. The van der Waals surface area contributed by atoms with Crippen LogP contribution in [0.3, 0.4) is 0 Å². The number of aromatic nitrogens is 2. The van der Waals surface area contributed by atoms with Crippen molar-refractivity contribution in [3.8, 4) is 0 Å². The molecule has 6 heteroatoms. The fourth-order valence-corrected chi connectivity index (χ4v) is 2.34. The van der Waals surface area contributed by atoms with E-state index in [1.54, 1.807) is 0 Å². The Morgan fingerprint density at radius 2 is 2.05 bits per heavy atom. The Hall–Kier alpha value is -0.840. The lowest BCUT2D eigenvalue weighted by molar-refractivity contribution is 0.904. The Bertz CT molecular complexity index is 590. The smallest absolute Gasteiger partial charge is 0.138 e. The van der Waals surface area contributed by atoms with E-state index in [-0.39, 0.29) is 0 Å². The van der Waals surface area contributed by atoms with E-state index in [4.69, 9.17) is 23.2 Å². The average molecular weight is 361 g/mol. The van der Waals surface area contributed by atoms with Crippen LogP contribution in [0.15, 0.2) is 29.0 Å². The number of rotatable bonds is 4. The molecule has 19 heavy (non-hydrogen) atoms. The van der Waals surface area contributed by atoms with Crippen molar-refractivity contribution in [1.82, 2.24) is 9.97 Å². The van der Waals surface area contributed by atoms with Crippen molar-refractivity contribution in [2.75, 3.05) is 5.32 Å². The van der Waals surface area contributed by atoms with Gasteiger partial charge in [0, 0.05) is 15.7 Å². The van der Waals surface area contributed by atoms with Crippen LogP contribution in [0.5, 0.6) is 0 Å². The zero-order valence-electron chi connectivity index (χ0n) is 10.3. The summed E-state index contributed by atoms with van der Waals surface area (Å²) in [5.41, 5.74) is 1.78. The van der Waals surface area contributed by atoms with Gasteiger partial charge in [-0.3, -0.25) is 0 Å². The zero-order chi connectivity index (χ0) is 13.8. The molecule has 0 saturated heterocycles. The number of nitrogens with one attached hydrogen (secondary N) is 1. The first-order valence-corrected chi connectivity index (χ1v) is 7.38. The normalized spacial score (nSPS) is 10.5. The lowest BCUT2D eigenvalue weighted by Gasteiger charge is -2.11. The Morgan fingerprint density at radius 1 is 1.26 bits per heavy atom. The first kappa shape index (κ1) is 14.6. The van der Waals surface area contributed by atoms with Crippen LogP contribution in [0, 0.1) is 0 Å². The van der Waals surface area contributed by atoms with E-state index < -0.39 is 0 Å². The molecule has 1 aromatic heterocycles. The Balaban J connectivity index is 2.32. The summed E-state index contributed by atoms with van der Waals surface area (Å²) in [6, 6.07) is 5.63. The highest BCUT2D eigenvalue weighted by atomic mass is 79.9. The Morgan fingerprint density at radius 3 is 2.74 bits per heavy atom.